The quantitative estimate of drug-likeness (QED) is 0.919. The van der Waals surface area contributed by atoms with E-state index >= 15 is 0 Å². The summed E-state index contributed by atoms with van der Waals surface area (Å²) in [6, 6.07) is 6.23. The average Bonchev–Trinajstić information content (AvgIpc) is 2.63. The van der Waals surface area contributed by atoms with Crippen LogP contribution in [0.4, 0.5) is 0 Å². The van der Waals surface area contributed by atoms with Crippen LogP contribution in [0.25, 0.3) is 11.1 Å². The van der Waals surface area contributed by atoms with Gasteiger partial charge in [-0.1, -0.05) is 22.0 Å². The van der Waals surface area contributed by atoms with E-state index in [-0.39, 0.29) is 0 Å². The summed E-state index contributed by atoms with van der Waals surface area (Å²) < 4.78 is 2.90. The van der Waals surface area contributed by atoms with Crippen LogP contribution < -0.4 is 5.73 Å². The van der Waals surface area contributed by atoms with Crippen molar-refractivity contribution in [2.24, 2.45) is 12.8 Å². The summed E-state index contributed by atoms with van der Waals surface area (Å²) in [5.41, 5.74) is 10.3. The van der Waals surface area contributed by atoms with Gasteiger partial charge in [0.05, 0.1) is 11.9 Å². The number of aromatic nitrogens is 2. The Kier molecular flexibility index (Phi) is 3.12. The minimum absolute atomic E-state index is 0.498. The lowest BCUT2D eigenvalue weighted by molar-refractivity contribution is 0.712. The van der Waals surface area contributed by atoms with Crippen molar-refractivity contribution in [2.75, 3.05) is 0 Å². The van der Waals surface area contributed by atoms with Crippen molar-refractivity contribution in [3.8, 4) is 11.1 Å². The van der Waals surface area contributed by atoms with Gasteiger partial charge in [-0.05, 0) is 30.2 Å². The molecule has 1 aromatic heterocycles. The summed E-state index contributed by atoms with van der Waals surface area (Å²) in [5.74, 6) is 0. The summed E-state index contributed by atoms with van der Waals surface area (Å²) in [6.07, 6.45) is 1.87. The molecule has 0 aliphatic rings. The SMILES string of the molecule is Cc1ccc(Br)cc1-c1cnn(C)c1CN. The molecule has 0 spiro atoms. The topological polar surface area (TPSA) is 43.8 Å². The fourth-order valence-corrected chi connectivity index (χ4v) is 2.18. The van der Waals surface area contributed by atoms with Gasteiger partial charge in [0.25, 0.3) is 0 Å². The van der Waals surface area contributed by atoms with E-state index in [9.17, 15) is 0 Å². The van der Waals surface area contributed by atoms with Gasteiger partial charge in [0, 0.05) is 23.6 Å². The molecule has 0 saturated heterocycles. The molecule has 0 aliphatic carbocycles. The van der Waals surface area contributed by atoms with Crippen LogP contribution in [0, 0.1) is 6.92 Å². The van der Waals surface area contributed by atoms with Gasteiger partial charge >= 0.3 is 0 Å². The lowest BCUT2D eigenvalue weighted by Crippen LogP contribution is -2.05. The summed E-state index contributed by atoms with van der Waals surface area (Å²) >= 11 is 3.49. The van der Waals surface area contributed by atoms with Crippen LogP contribution in [0.5, 0.6) is 0 Å². The molecule has 0 atom stereocenters. The van der Waals surface area contributed by atoms with E-state index in [2.05, 4.69) is 40.1 Å². The highest BCUT2D eigenvalue weighted by Gasteiger charge is 2.11. The number of benzene rings is 1. The fourth-order valence-electron chi connectivity index (χ4n) is 1.81. The Morgan fingerprint density at radius 2 is 2.12 bits per heavy atom. The van der Waals surface area contributed by atoms with Crippen molar-refractivity contribution >= 4 is 15.9 Å². The van der Waals surface area contributed by atoms with Crippen molar-refractivity contribution in [1.29, 1.82) is 0 Å². The van der Waals surface area contributed by atoms with Crippen LogP contribution in [0.15, 0.2) is 28.9 Å². The van der Waals surface area contributed by atoms with Gasteiger partial charge in [-0.25, -0.2) is 0 Å². The van der Waals surface area contributed by atoms with Gasteiger partial charge in [-0.15, -0.1) is 0 Å². The largest absolute Gasteiger partial charge is 0.325 e. The molecular weight excluding hydrogens is 266 g/mol. The number of hydrogen-bond donors (Lipinski definition) is 1. The number of nitrogens with two attached hydrogens (primary N) is 1. The number of nitrogens with zero attached hydrogens (tertiary/aromatic N) is 2. The zero-order chi connectivity index (χ0) is 11.7. The molecule has 1 aromatic carbocycles. The lowest BCUT2D eigenvalue weighted by Gasteiger charge is -2.07. The summed E-state index contributed by atoms with van der Waals surface area (Å²) in [5, 5.41) is 4.26. The lowest BCUT2D eigenvalue weighted by atomic mass is 10.0. The van der Waals surface area contributed by atoms with E-state index in [1.54, 1.807) is 0 Å². The minimum atomic E-state index is 0.498. The highest BCUT2D eigenvalue weighted by Crippen LogP contribution is 2.28. The van der Waals surface area contributed by atoms with Crippen LogP contribution in [0.3, 0.4) is 0 Å². The van der Waals surface area contributed by atoms with Crippen LogP contribution in [0.2, 0.25) is 0 Å². The summed E-state index contributed by atoms with van der Waals surface area (Å²) in [7, 11) is 1.92. The number of hydrogen-bond acceptors (Lipinski definition) is 2. The molecule has 0 fully saturated rings. The Hall–Kier alpha value is -1.13. The van der Waals surface area contributed by atoms with E-state index in [4.69, 9.17) is 5.73 Å². The summed E-state index contributed by atoms with van der Waals surface area (Å²) in [6.45, 7) is 2.59. The fraction of sp³-hybridized carbons (Fsp3) is 0.250. The monoisotopic (exact) mass is 279 g/mol. The van der Waals surface area contributed by atoms with Crippen LogP contribution in [-0.2, 0) is 13.6 Å². The predicted octanol–water partition coefficient (Wildman–Crippen LogP) is 2.62. The molecular formula is C12H14BrN3. The second kappa shape index (κ2) is 4.39. The molecule has 0 bridgehead atoms. The van der Waals surface area contributed by atoms with Crippen molar-refractivity contribution in [3.05, 3.63) is 40.1 Å². The molecule has 0 amide bonds. The molecule has 0 radical (unpaired) electrons. The zero-order valence-corrected chi connectivity index (χ0v) is 11.0. The maximum absolute atomic E-state index is 5.75. The van der Waals surface area contributed by atoms with Crippen LogP contribution in [0.1, 0.15) is 11.3 Å². The van der Waals surface area contributed by atoms with Crippen molar-refractivity contribution in [2.45, 2.75) is 13.5 Å². The average molecular weight is 280 g/mol. The molecule has 0 saturated carbocycles. The Morgan fingerprint density at radius 3 is 2.81 bits per heavy atom. The molecule has 3 nitrogen and oxygen atoms in total. The van der Waals surface area contributed by atoms with Gasteiger partial charge in [-0.3, -0.25) is 4.68 Å². The predicted molar refractivity (Wildman–Crippen MR) is 69.0 cm³/mol. The second-order valence-electron chi connectivity index (χ2n) is 3.79. The van der Waals surface area contributed by atoms with Crippen molar-refractivity contribution in [1.82, 2.24) is 9.78 Å². The van der Waals surface area contributed by atoms with Crippen molar-refractivity contribution in [3.63, 3.8) is 0 Å². The maximum atomic E-state index is 5.75. The van der Waals surface area contributed by atoms with E-state index < -0.39 is 0 Å². The Balaban J connectivity index is 2.62. The zero-order valence-electron chi connectivity index (χ0n) is 9.37. The normalized spacial score (nSPS) is 10.8. The molecule has 2 rings (SSSR count). The summed E-state index contributed by atoms with van der Waals surface area (Å²) in [4.78, 5) is 0. The molecule has 4 heteroatoms. The molecule has 0 unspecified atom stereocenters. The smallest absolute Gasteiger partial charge is 0.0595 e. The highest BCUT2D eigenvalue weighted by atomic mass is 79.9. The van der Waals surface area contributed by atoms with E-state index in [1.807, 2.05) is 24.0 Å². The number of aryl methyl sites for hydroxylation is 2. The Bertz CT molecular complexity index is 517. The first kappa shape index (κ1) is 11.4. The molecule has 2 N–H and O–H groups in total. The van der Waals surface area contributed by atoms with Gasteiger partial charge in [-0.2, -0.15) is 5.10 Å². The minimum Gasteiger partial charge on any atom is -0.325 e. The van der Waals surface area contributed by atoms with Gasteiger partial charge in [0.15, 0.2) is 0 Å². The first-order valence-corrected chi connectivity index (χ1v) is 5.90. The first-order valence-electron chi connectivity index (χ1n) is 5.11. The standard InChI is InChI=1S/C12H14BrN3/c1-8-3-4-9(13)5-10(8)11-7-15-16(2)12(11)6-14/h3-5,7H,6,14H2,1-2H3. The molecule has 1 heterocycles. The molecule has 2 aromatic rings. The van der Waals surface area contributed by atoms with Gasteiger partial charge < -0.3 is 5.73 Å². The first-order chi connectivity index (χ1) is 7.63. The highest BCUT2D eigenvalue weighted by molar-refractivity contribution is 9.10. The van der Waals surface area contributed by atoms with Crippen LogP contribution in [-0.4, -0.2) is 9.78 Å². The Morgan fingerprint density at radius 1 is 1.38 bits per heavy atom. The van der Waals surface area contributed by atoms with E-state index in [0.717, 1.165) is 15.7 Å². The molecule has 84 valence electrons. The van der Waals surface area contributed by atoms with Crippen molar-refractivity contribution < 1.29 is 0 Å². The second-order valence-corrected chi connectivity index (χ2v) is 4.71. The third kappa shape index (κ3) is 1.90. The number of halogens is 1. The number of rotatable bonds is 2. The van der Waals surface area contributed by atoms with Crippen LogP contribution >= 0.6 is 15.9 Å². The van der Waals surface area contributed by atoms with Gasteiger partial charge in [0.2, 0.25) is 0 Å². The Labute approximate surface area is 103 Å². The third-order valence-electron chi connectivity index (χ3n) is 2.74. The van der Waals surface area contributed by atoms with E-state index in [0.29, 0.717) is 6.54 Å². The van der Waals surface area contributed by atoms with E-state index in [1.165, 1.54) is 11.1 Å². The third-order valence-corrected chi connectivity index (χ3v) is 3.24. The molecule has 16 heavy (non-hydrogen) atoms. The maximum Gasteiger partial charge on any atom is 0.0595 e. The van der Waals surface area contributed by atoms with Gasteiger partial charge in [0.1, 0.15) is 0 Å². The molecule has 0 aliphatic heterocycles.